The van der Waals surface area contributed by atoms with Gasteiger partial charge in [0.05, 0.1) is 12.8 Å². The minimum atomic E-state index is -0.532. The first-order valence-electron chi connectivity index (χ1n) is 10.6. The van der Waals surface area contributed by atoms with Gasteiger partial charge in [0.1, 0.15) is 5.70 Å². The molecule has 1 heterocycles. The Labute approximate surface area is 210 Å². The Kier molecular flexibility index (Phi) is 7.17. The molecule has 0 unspecified atom stereocenters. The van der Waals surface area contributed by atoms with Crippen LogP contribution in [-0.4, -0.2) is 31.6 Å². The number of amides is 4. The SMILES string of the molecule is COc1cc(/C=C2/NC(=O)N(c3ccccc3)C2=O)c(Br)cc1OCC(=O)Nc1ccc(C)cc1. The van der Waals surface area contributed by atoms with Crippen LogP contribution in [0.1, 0.15) is 11.1 Å². The Morgan fingerprint density at radius 1 is 1.06 bits per heavy atom. The van der Waals surface area contributed by atoms with Gasteiger partial charge in [-0.1, -0.05) is 51.8 Å². The van der Waals surface area contributed by atoms with Crippen LogP contribution in [0.15, 0.2) is 76.9 Å². The zero-order chi connectivity index (χ0) is 24.9. The zero-order valence-electron chi connectivity index (χ0n) is 19.0. The fourth-order valence-electron chi connectivity index (χ4n) is 3.41. The fourth-order valence-corrected chi connectivity index (χ4v) is 3.85. The Morgan fingerprint density at radius 3 is 2.46 bits per heavy atom. The summed E-state index contributed by atoms with van der Waals surface area (Å²) in [6.07, 6.45) is 1.55. The van der Waals surface area contributed by atoms with Crippen LogP contribution in [0.2, 0.25) is 0 Å². The van der Waals surface area contributed by atoms with Gasteiger partial charge < -0.3 is 20.1 Å². The van der Waals surface area contributed by atoms with Crippen LogP contribution >= 0.6 is 15.9 Å². The van der Waals surface area contributed by atoms with Crippen LogP contribution < -0.4 is 25.0 Å². The third kappa shape index (κ3) is 5.52. The van der Waals surface area contributed by atoms with Crippen LogP contribution in [0, 0.1) is 6.92 Å². The van der Waals surface area contributed by atoms with E-state index in [0.717, 1.165) is 10.5 Å². The molecular formula is C26H22BrN3O5. The van der Waals surface area contributed by atoms with Crippen LogP contribution in [0.4, 0.5) is 16.2 Å². The van der Waals surface area contributed by atoms with Gasteiger partial charge in [0.25, 0.3) is 11.8 Å². The maximum absolute atomic E-state index is 12.9. The first-order chi connectivity index (χ1) is 16.9. The van der Waals surface area contributed by atoms with Crippen LogP contribution in [0.5, 0.6) is 11.5 Å². The molecule has 1 fully saturated rings. The summed E-state index contributed by atoms with van der Waals surface area (Å²) < 4.78 is 11.7. The maximum Gasteiger partial charge on any atom is 0.333 e. The highest BCUT2D eigenvalue weighted by Gasteiger charge is 2.34. The molecule has 8 nitrogen and oxygen atoms in total. The number of carbonyl (C=O) groups is 3. The number of methoxy groups -OCH3 is 1. The van der Waals surface area contributed by atoms with Crippen molar-refractivity contribution in [1.82, 2.24) is 5.32 Å². The molecule has 3 aromatic rings. The molecule has 0 spiro atoms. The minimum Gasteiger partial charge on any atom is -0.493 e. The predicted octanol–water partition coefficient (Wildman–Crippen LogP) is 4.88. The third-order valence-corrected chi connectivity index (χ3v) is 5.86. The molecule has 4 amide bonds. The maximum atomic E-state index is 12.9. The van der Waals surface area contributed by atoms with Gasteiger partial charge in [-0.05, 0) is 55.0 Å². The largest absolute Gasteiger partial charge is 0.493 e. The highest BCUT2D eigenvalue weighted by molar-refractivity contribution is 9.10. The highest BCUT2D eigenvalue weighted by Crippen LogP contribution is 2.35. The van der Waals surface area contributed by atoms with Crippen molar-refractivity contribution < 1.29 is 23.9 Å². The van der Waals surface area contributed by atoms with Crippen LogP contribution in [-0.2, 0) is 9.59 Å². The second kappa shape index (κ2) is 10.4. The van der Waals surface area contributed by atoms with E-state index >= 15 is 0 Å². The number of carbonyl (C=O) groups excluding carboxylic acids is 3. The van der Waals surface area contributed by atoms with E-state index in [1.807, 2.05) is 31.2 Å². The zero-order valence-corrected chi connectivity index (χ0v) is 20.6. The number of nitrogens with one attached hydrogen (secondary N) is 2. The molecule has 0 bridgehead atoms. The van der Waals surface area contributed by atoms with Gasteiger partial charge in [0.2, 0.25) is 0 Å². The summed E-state index contributed by atoms with van der Waals surface area (Å²) in [5, 5.41) is 5.37. The van der Waals surface area contributed by atoms with Gasteiger partial charge in [-0.2, -0.15) is 0 Å². The second-order valence-corrected chi connectivity index (χ2v) is 8.55. The van der Waals surface area contributed by atoms with E-state index in [0.29, 0.717) is 32.9 Å². The van der Waals surface area contributed by atoms with Gasteiger partial charge in [-0.25, -0.2) is 9.69 Å². The number of rotatable bonds is 7. The smallest absolute Gasteiger partial charge is 0.333 e. The molecule has 1 saturated heterocycles. The molecule has 1 aliphatic rings. The molecule has 3 aromatic carbocycles. The third-order valence-electron chi connectivity index (χ3n) is 5.17. The molecule has 35 heavy (non-hydrogen) atoms. The quantitative estimate of drug-likeness (QED) is 0.332. The molecule has 0 aromatic heterocycles. The summed E-state index contributed by atoms with van der Waals surface area (Å²) in [7, 11) is 1.47. The van der Waals surface area contributed by atoms with E-state index < -0.39 is 11.9 Å². The monoisotopic (exact) mass is 535 g/mol. The van der Waals surface area contributed by atoms with E-state index in [2.05, 4.69) is 26.6 Å². The molecule has 178 valence electrons. The van der Waals surface area contributed by atoms with E-state index in [9.17, 15) is 14.4 Å². The standard InChI is InChI=1S/C26H22BrN3O5/c1-16-8-10-18(11-9-16)28-24(31)15-35-23-14-20(27)17(13-22(23)34-2)12-21-25(32)30(26(33)29-21)19-6-4-3-5-7-19/h3-14H,15H2,1-2H3,(H,28,31)(H,29,33)/b21-12+. The minimum absolute atomic E-state index is 0.118. The van der Waals surface area contributed by atoms with Gasteiger partial charge in [-0.15, -0.1) is 0 Å². The molecule has 4 rings (SSSR count). The number of aryl methyl sites for hydroxylation is 1. The Morgan fingerprint density at radius 2 is 1.77 bits per heavy atom. The van der Waals surface area contributed by atoms with Crippen LogP contribution in [0.25, 0.3) is 6.08 Å². The van der Waals surface area contributed by atoms with Crippen molar-refractivity contribution in [2.24, 2.45) is 0 Å². The number of nitrogens with zero attached hydrogens (tertiary/aromatic N) is 1. The predicted molar refractivity (Wildman–Crippen MR) is 136 cm³/mol. The average molecular weight is 536 g/mol. The number of halogens is 1. The van der Waals surface area contributed by atoms with Crippen molar-refractivity contribution in [2.75, 3.05) is 23.9 Å². The molecule has 0 atom stereocenters. The summed E-state index contributed by atoms with van der Waals surface area (Å²) in [4.78, 5) is 38.6. The van der Waals surface area contributed by atoms with Crippen molar-refractivity contribution in [3.8, 4) is 11.5 Å². The number of urea groups is 1. The second-order valence-electron chi connectivity index (χ2n) is 7.69. The van der Waals surface area contributed by atoms with E-state index in [1.54, 1.807) is 48.5 Å². The Bertz CT molecular complexity index is 1310. The molecule has 0 aliphatic carbocycles. The van der Waals surface area contributed by atoms with E-state index in [1.165, 1.54) is 7.11 Å². The lowest BCUT2D eigenvalue weighted by atomic mass is 10.1. The lowest BCUT2D eigenvalue weighted by Crippen LogP contribution is -2.30. The summed E-state index contributed by atoms with van der Waals surface area (Å²) >= 11 is 3.46. The van der Waals surface area contributed by atoms with E-state index in [-0.39, 0.29) is 18.2 Å². The summed E-state index contributed by atoms with van der Waals surface area (Å²) in [5.74, 6) is -0.0909. The number of anilines is 2. The first-order valence-corrected chi connectivity index (χ1v) is 11.4. The molecular weight excluding hydrogens is 514 g/mol. The summed E-state index contributed by atoms with van der Waals surface area (Å²) in [5.41, 5.74) is 2.94. The van der Waals surface area contributed by atoms with Crippen molar-refractivity contribution in [3.63, 3.8) is 0 Å². The average Bonchev–Trinajstić information content (AvgIpc) is 3.13. The number of ether oxygens (including phenoxy) is 2. The van der Waals surface area contributed by atoms with Crippen molar-refractivity contribution >= 4 is 51.2 Å². The van der Waals surface area contributed by atoms with Crippen molar-refractivity contribution in [3.05, 3.63) is 88.0 Å². The lowest BCUT2D eigenvalue weighted by Gasteiger charge is -2.13. The Hall–Kier alpha value is -4.11. The number of hydrogen-bond acceptors (Lipinski definition) is 5. The number of para-hydroxylation sites is 1. The van der Waals surface area contributed by atoms with Crippen molar-refractivity contribution in [1.29, 1.82) is 0 Å². The normalized spacial score (nSPS) is 14.1. The summed E-state index contributed by atoms with van der Waals surface area (Å²) in [6, 6.07) is 18.9. The molecule has 2 N–H and O–H groups in total. The van der Waals surface area contributed by atoms with Crippen LogP contribution in [0.3, 0.4) is 0 Å². The fraction of sp³-hybridized carbons (Fsp3) is 0.115. The molecule has 0 radical (unpaired) electrons. The van der Waals surface area contributed by atoms with E-state index in [4.69, 9.17) is 9.47 Å². The Balaban J connectivity index is 1.49. The number of hydrogen-bond donors (Lipinski definition) is 2. The van der Waals surface area contributed by atoms with Gasteiger partial charge in [0, 0.05) is 10.2 Å². The summed E-state index contributed by atoms with van der Waals surface area (Å²) in [6.45, 7) is 1.74. The van der Waals surface area contributed by atoms with Crippen molar-refractivity contribution in [2.45, 2.75) is 6.92 Å². The van der Waals surface area contributed by atoms with Gasteiger partial charge in [0.15, 0.2) is 18.1 Å². The molecule has 9 heteroatoms. The lowest BCUT2D eigenvalue weighted by molar-refractivity contribution is -0.118. The number of benzene rings is 3. The number of imide groups is 1. The van der Waals surface area contributed by atoms with Gasteiger partial charge >= 0.3 is 6.03 Å². The molecule has 0 saturated carbocycles. The highest BCUT2D eigenvalue weighted by atomic mass is 79.9. The van der Waals surface area contributed by atoms with Gasteiger partial charge in [-0.3, -0.25) is 9.59 Å². The topological polar surface area (TPSA) is 97.0 Å². The first kappa shape index (κ1) is 24.0. The molecule has 1 aliphatic heterocycles.